The Morgan fingerprint density at radius 3 is 2.50 bits per heavy atom. The largest absolute Gasteiger partial charge is 0.495 e. The van der Waals surface area contributed by atoms with Gasteiger partial charge in [0.2, 0.25) is 5.88 Å². The van der Waals surface area contributed by atoms with Crippen molar-refractivity contribution in [2.45, 2.75) is 0 Å². The van der Waals surface area contributed by atoms with Crippen molar-refractivity contribution in [1.29, 1.82) is 0 Å². The van der Waals surface area contributed by atoms with Gasteiger partial charge in [-0.2, -0.15) is 0 Å². The van der Waals surface area contributed by atoms with Gasteiger partial charge in [-0.1, -0.05) is 12.1 Å². The number of nitro groups is 1. The lowest BCUT2D eigenvalue weighted by Gasteiger charge is -2.12. The number of H-pyrrole nitrogens is 3. The van der Waals surface area contributed by atoms with Gasteiger partial charge in [0, 0.05) is 12.3 Å². The molecule has 0 fully saturated rings. The Hall–Kier alpha value is -4.94. The molecule has 0 saturated heterocycles. The number of aromatic nitrogens is 4. The molecule has 13 nitrogen and oxygen atoms in total. The van der Waals surface area contributed by atoms with Crippen molar-refractivity contribution in [3.8, 4) is 17.3 Å². The van der Waals surface area contributed by atoms with E-state index in [1.807, 2.05) is 0 Å². The molecule has 0 bridgehead atoms. The molecule has 0 unspecified atom stereocenters. The normalized spacial score (nSPS) is 11.3. The fraction of sp³-hybridized carbons (Fsp3) is 0.0526. The highest BCUT2D eigenvalue weighted by atomic mass is 16.6. The summed E-state index contributed by atoms with van der Waals surface area (Å²) in [5.74, 6) is -0.497. The molecular weight excluding hydrogens is 424 g/mol. The number of rotatable bonds is 5. The highest BCUT2D eigenvalue weighted by molar-refractivity contribution is 5.89. The zero-order valence-electron chi connectivity index (χ0n) is 16.3. The van der Waals surface area contributed by atoms with Crippen LogP contribution < -0.4 is 21.7 Å². The van der Waals surface area contributed by atoms with Gasteiger partial charge >= 0.3 is 11.4 Å². The van der Waals surface area contributed by atoms with E-state index in [9.17, 15) is 29.6 Å². The summed E-state index contributed by atoms with van der Waals surface area (Å²) >= 11 is 0. The van der Waals surface area contributed by atoms with Crippen LogP contribution in [0.5, 0.6) is 11.6 Å². The first-order valence-corrected chi connectivity index (χ1v) is 8.96. The highest BCUT2D eigenvalue weighted by Gasteiger charge is 2.19. The summed E-state index contributed by atoms with van der Waals surface area (Å²) < 4.78 is 6.00. The van der Waals surface area contributed by atoms with E-state index < -0.39 is 39.0 Å². The summed E-state index contributed by atoms with van der Waals surface area (Å²) in [6.07, 6.45) is 0.887. The molecule has 4 rings (SSSR count). The Balaban J connectivity index is 1.90. The Kier molecular flexibility index (Phi) is 4.90. The van der Waals surface area contributed by atoms with Crippen LogP contribution in [-0.4, -0.2) is 42.9 Å². The fourth-order valence-corrected chi connectivity index (χ4v) is 3.14. The number of aromatic hydroxyl groups is 1. The smallest absolute Gasteiger partial charge is 0.335 e. The Bertz CT molecular complexity index is 1570. The van der Waals surface area contributed by atoms with Crippen LogP contribution in [0.2, 0.25) is 0 Å². The van der Waals surface area contributed by atoms with Crippen molar-refractivity contribution < 1.29 is 14.8 Å². The number of aliphatic imine (C=N–C) groups is 1. The Labute approximate surface area is 176 Å². The molecule has 13 heteroatoms. The van der Waals surface area contributed by atoms with E-state index in [0.717, 1.165) is 16.8 Å². The van der Waals surface area contributed by atoms with Gasteiger partial charge in [-0.3, -0.25) is 19.9 Å². The molecular formula is C19H14N6O7. The van der Waals surface area contributed by atoms with Gasteiger partial charge in [-0.25, -0.2) is 19.1 Å². The second kappa shape index (κ2) is 7.71. The van der Waals surface area contributed by atoms with E-state index in [0.29, 0.717) is 0 Å². The van der Waals surface area contributed by atoms with Gasteiger partial charge in [0.1, 0.15) is 17.0 Å². The first-order valence-electron chi connectivity index (χ1n) is 8.96. The van der Waals surface area contributed by atoms with Crippen LogP contribution in [0, 0.1) is 10.1 Å². The van der Waals surface area contributed by atoms with Gasteiger partial charge in [0.05, 0.1) is 28.8 Å². The quantitative estimate of drug-likeness (QED) is 0.203. The molecule has 0 aliphatic heterocycles. The van der Waals surface area contributed by atoms with Crippen LogP contribution in [-0.2, 0) is 0 Å². The van der Waals surface area contributed by atoms with Gasteiger partial charge in [0.15, 0.2) is 0 Å². The molecule has 2 heterocycles. The molecule has 4 N–H and O–H groups in total. The molecule has 2 aromatic carbocycles. The molecule has 0 radical (unpaired) electrons. The molecule has 2 aromatic heterocycles. The van der Waals surface area contributed by atoms with Crippen LogP contribution >= 0.6 is 0 Å². The van der Waals surface area contributed by atoms with Crippen LogP contribution in [0.1, 0.15) is 5.56 Å². The number of benzene rings is 2. The van der Waals surface area contributed by atoms with Crippen molar-refractivity contribution in [3.63, 3.8) is 0 Å². The number of hydrogen-bond acceptors (Lipinski definition) is 8. The second-order valence-electron chi connectivity index (χ2n) is 6.48. The summed E-state index contributed by atoms with van der Waals surface area (Å²) in [6.45, 7) is 0. The third kappa shape index (κ3) is 3.43. The number of para-hydroxylation sites is 2. The van der Waals surface area contributed by atoms with Crippen LogP contribution in [0.3, 0.4) is 0 Å². The number of nitrogens with one attached hydrogen (secondary N) is 3. The van der Waals surface area contributed by atoms with Gasteiger partial charge in [0.25, 0.3) is 11.2 Å². The number of nitro benzene ring substituents is 1. The number of methoxy groups -OCH3 is 1. The third-order valence-electron chi connectivity index (χ3n) is 4.59. The first kappa shape index (κ1) is 20.3. The minimum atomic E-state index is -0.957. The average molecular weight is 438 g/mol. The van der Waals surface area contributed by atoms with Crippen LogP contribution in [0.25, 0.3) is 16.7 Å². The Morgan fingerprint density at radius 1 is 1.12 bits per heavy atom. The molecule has 0 atom stereocenters. The van der Waals surface area contributed by atoms with Gasteiger partial charge < -0.3 is 19.8 Å². The molecule has 0 aliphatic carbocycles. The minimum Gasteiger partial charge on any atom is -0.495 e. The molecule has 0 saturated carbocycles. The standard InChI is InChI=1S/C19H14N6O7/c1-32-15-5-3-2-4-13(15)24-17(27)9(16(26)23-19(24)29)8-20-12-6-10-11(22-18(28)21-10)7-14(12)25(30)31/h2-8,27H,1H3,(H2,21,22,28)(H,23,26,29). The molecule has 32 heavy (non-hydrogen) atoms. The van der Waals surface area contributed by atoms with Crippen molar-refractivity contribution in [2.24, 2.45) is 4.99 Å². The highest BCUT2D eigenvalue weighted by Crippen LogP contribution is 2.31. The van der Waals surface area contributed by atoms with E-state index in [1.54, 1.807) is 18.2 Å². The van der Waals surface area contributed by atoms with E-state index in [-0.39, 0.29) is 28.2 Å². The number of ether oxygens (including phenoxy) is 1. The first-order chi connectivity index (χ1) is 15.3. The summed E-state index contributed by atoms with van der Waals surface area (Å²) in [5.41, 5.74) is -2.89. The van der Waals surface area contributed by atoms with Crippen molar-refractivity contribution in [3.05, 3.63) is 83.4 Å². The lowest BCUT2D eigenvalue weighted by molar-refractivity contribution is -0.383. The van der Waals surface area contributed by atoms with Crippen LogP contribution in [0.15, 0.2) is 55.8 Å². The minimum absolute atomic E-state index is 0.153. The van der Waals surface area contributed by atoms with Crippen molar-refractivity contribution >= 4 is 28.6 Å². The Morgan fingerprint density at radius 2 is 1.81 bits per heavy atom. The molecule has 0 spiro atoms. The lowest BCUT2D eigenvalue weighted by Crippen LogP contribution is -2.31. The van der Waals surface area contributed by atoms with Gasteiger partial charge in [-0.05, 0) is 18.2 Å². The molecule has 4 aromatic rings. The van der Waals surface area contributed by atoms with Crippen LogP contribution in [0.4, 0.5) is 11.4 Å². The topological polar surface area (TPSA) is 188 Å². The SMILES string of the molecule is COc1ccccc1-n1c(O)c(C=Nc2cc3[nH]c(=O)[nH]c3cc2[N+](=O)[O-])c(=O)[nH]c1=O. The van der Waals surface area contributed by atoms with E-state index in [1.165, 1.54) is 19.2 Å². The molecule has 162 valence electrons. The average Bonchev–Trinajstić information content (AvgIpc) is 3.11. The maximum atomic E-state index is 12.4. The maximum absolute atomic E-state index is 12.4. The predicted octanol–water partition coefficient (Wildman–Crippen LogP) is 1.07. The number of imidazole rings is 1. The van der Waals surface area contributed by atoms with Crippen molar-refractivity contribution in [1.82, 2.24) is 19.5 Å². The molecule has 0 aliphatic rings. The monoisotopic (exact) mass is 438 g/mol. The second-order valence-corrected chi connectivity index (χ2v) is 6.48. The number of aromatic amines is 3. The van der Waals surface area contributed by atoms with Crippen molar-refractivity contribution in [2.75, 3.05) is 7.11 Å². The number of hydrogen-bond donors (Lipinski definition) is 4. The maximum Gasteiger partial charge on any atom is 0.335 e. The third-order valence-corrected chi connectivity index (χ3v) is 4.59. The van der Waals surface area contributed by atoms with E-state index >= 15 is 0 Å². The summed E-state index contributed by atoms with van der Waals surface area (Å²) in [7, 11) is 1.37. The molecule has 0 amide bonds. The lowest BCUT2D eigenvalue weighted by atomic mass is 10.2. The summed E-state index contributed by atoms with van der Waals surface area (Å²) in [4.78, 5) is 57.7. The van der Waals surface area contributed by atoms with E-state index in [2.05, 4.69) is 19.9 Å². The predicted molar refractivity (Wildman–Crippen MR) is 114 cm³/mol. The van der Waals surface area contributed by atoms with Gasteiger partial charge in [-0.15, -0.1) is 0 Å². The summed E-state index contributed by atoms with van der Waals surface area (Å²) in [5, 5.41) is 22.1. The zero-order valence-corrected chi connectivity index (χ0v) is 16.3. The number of fused-ring (bicyclic) bond motifs is 1. The summed E-state index contributed by atoms with van der Waals surface area (Å²) in [6, 6.07) is 8.64. The zero-order chi connectivity index (χ0) is 23.0. The van der Waals surface area contributed by atoms with E-state index in [4.69, 9.17) is 4.74 Å². The number of nitrogens with zero attached hydrogens (tertiary/aromatic N) is 3. The fourth-order valence-electron chi connectivity index (χ4n) is 3.14.